The molecule has 1 aromatic heterocycles. The molecule has 1 saturated heterocycles. The van der Waals surface area contributed by atoms with E-state index in [0.717, 1.165) is 18.4 Å². The Labute approximate surface area is 198 Å². The lowest BCUT2D eigenvalue weighted by Crippen LogP contribution is -2.44. The maximum absolute atomic E-state index is 12.7. The fourth-order valence-electron chi connectivity index (χ4n) is 4.05. The van der Waals surface area contributed by atoms with Crippen LogP contribution in [-0.4, -0.2) is 72.7 Å². The summed E-state index contributed by atoms with van der Waals surface area (Å²) in [5.41, 5.74) is 1.34. The minimum absolute atomic E-state index is 0.0441. The van der Waals surface area contributed by atoms with Crippen LogP contribution >= 0.6 is 0 Å². The molecular formula is C25H28N4O5. The predicted molar refractivity (Wildman–Crippen MR) is 125 cm³/mol. The number of benzene rings is 2. The van der Waals surface area contributed by atoms with E-state index in [1.807, 2.05) is 30.3 Å². The second-order valence-corrected chi connectivity index (χ2v) is 8.21. The second-order valence-electron chi connectivity index (χ2n) is 8.21. The monoisotopic (exact) mass is 464 g/mol. The Hall–Kier alpha value is -3.88. The molecule has 9 heteroatoms. The van der Waals surface area contributed by atoms with E-state index in [-0.39, 0.29) is 24.3 Å². The molecule has 2 amide bonds. The molecule has 178 valence electrons. The number of likely N-dealkylation sites (N-methyl/N-ethyl adjacent to an activating group) is 1. The summed E-state index contributed by atoms with van der Waals surface area (Å²) in [4.78, 5) is 33.1. The molecule has 3 aromatic rings. The molecule has 0 N–H and O–H groups in total. The van der Waals surface area contributed by atoms with Gasteiger partial charge in [-0.15, -0.1) is 0 Å². The number of aromatic nitrogens is 2. The minimum atomic E-state index is -0.169. The molecule has 0 unspecified atom stereocenters. The molecule has 4 rings (SSSR count). The van der Waals surface area contributed by atoms with Crippen LogP contribution in [0.1, 0.15) is 35.0 Å². The smallest absolute Gasteiger partial charge is 0.254 e. The maximum atomic E-state index is 12.7. The van der Waals surface area contributed by atoms with Crippen LogP contribution in [0.25, 0.3) is 11.4 Å². The standard InChI is InChI=1S/C25H28N4O5/c1-28(25(31)18-7-5-4-6-8-18)16-22(30)29-13-11-17(12-14-29)24-26-23(27-34-24)19-9-10-20(32-2)21(15-19)33-3/h4-10,15,17H,11-14,16H2,1-3H3. The van der Waals surface area contributed by atoms with Crippen molar-refractivity contribution >= 4 is 11.8 Å². The summed E-state index contributed by atoms with van der Waals surface area (Å²) in [5.74, 6) is 2.11. The van der Waals surface area contributed by atoms with Gasteiger partial charge < -0.3 is 23.8 Å². The number of hydrogen-bond donors (Lipinski definition) is 0. The first-order chi connectivity index (χ1) is 16.5. The zero-order chi connectivity index (χ0) is 24.1. The van der Waals surface area contributed by atoms with Crippen molar-refractivity contribution in [3.8, 4) is 22.9 Å². The lowest BCUT2D eigenvalue weighted by atomic mass is 9.96. The van der Waals surface area contributed by atoms with Crippen LogP contribution < -0.4 is 9.47 Å². The van der Waals surface area contributed by atoms with Crippen LogP contribution in [-0.2, 0) is 4.79 Å². The van der Waals surface area contributed by atoms with E-state index in [1.165, 1.54) is 4.90 Å². The van der Waals surface area contributed by atoms with Gasteiger partial charge in [-0.1, -0.05) is 23.4 Å². The summed E-state index contributed by atoms with van der Waals surface area (Å²) in [6.07, 6.45) is 1.44. The number of nitrogens with zero attached hydrogens (tertiary/aromatic N) is 4. The molecule has 34 heavy (non-hydrogen) atoms. The van der Waals surface area contributed by atoms with Gasteiger partial charge in [-0.3, -0.25) is 9.59 Å². The van der Waals surface area contributed by atoms with Gasteiger partial charge in [0.2, 0.25) is 17.6 Å². The number of rotatable bonds is 7. The van der Waals surface area contributed by atoms with Crippen molar-refractivity contribution in [2.24, 2.45) is 0 Å². The highest BCUT2D eigenvalue weighted by molar-refractivity contribution is 5.96. The quantitative estimate of drug-likeness (QED) is 0.529. The van der Waals surface area contributed by atoms with Crippen molar-refractivity contribution in [1.29, 1.82) is 0 Å². The number of amides is 2. The highest BCUT2D eigenvalue weighted by atomic mass is 16.5. The van der Waals surface area contributed by atoms with Crippen LogP contribution in [0.4, 0.5) is 0 Å². The molecule has 2 aromatic carbocycles. The normalized spacial score (nSPS) is 14.0. The third-order valence-corrected chi connectivity index (χ3v) is 6.02. The fourth-order valence-corrected chi connectivity index (χ4v) is 4.05. The summed E-state index contributed by atoms with van der Waals surface area (Å²) in [6.45, 7) is 1.19. The van der Waals surface area contributed by atoms with Crippen molar-refractivity contribution in [3.05, 3.63) is 60.0 Å². The molecule has 0 spiro atoms. The van der Waals surface area contributed by atoms with Crippen LogP contribution in [0.5, 0.6) is 11.5 Å². The third-order valence-electron chi connectivity index (χ3n) is 6.02. The Bertz CT molecular complexity index is 1140. The summed E-state index contributed by atoms with van der Waals surface area (Å²) in [6, 6.07) is 14.4. The van der Waals surface area contributed by atoms with Gasteiger partial charge in [-0.2, -0.15) is 4.98 Å². The second kappa shape index (κ2) is 10.4. The fraction of sp³-hybridized carbons (Fsp3) is 0.360. The van der Waals surface area contributed by atoms with E-state index in [4.69, 9.17) is 14.0 Å². The van der Waals surface area contributed by atoms with Crippen LogP contribution in [0.3, 0.4) is 0 Å². The summed E-state index contributed by atoms with van der Waals surface area (Å²) in [7, 11) is 4.81. The van der Waals surface area contributed by atoms with E-state index in [0.29, 0.717) is 41.9 Å². The van der Waals surface area contributed by atoms with Crippen molar-refractivity contribution in [3.63, 3.8) is 0 Å². The van der Waals surface area contributed by atoms with E-state index in [9.17, 15) is 9.59 Å². The molecule has 0 atom stereocenters. The molecule has 2 heterocycles. The predicted octanol–water partition coefficient (Wildman–Crippen LogP) is 3.23. The Kier molecular flexibility index (Phi) is 7.10. The minimum Gasteiger partial charge on any atom is -0.493 e. The molecular weight excluding hydrogens is 436 g/mol. The van der Waals surface area contributed by atoms with E-state index in [1.54, 1.807) is 44.4 Å². The Morgan fingerprint density at radius 2 is 1.76 bits per heavy atom. The maximum Gasteiger partial charge on any atom is 0.254 e. The van der Waals surface area contributed by atoms with E-state index in [2.05, 4.69) is 10.1 Å². The van der Waals surface area contributed by atoms with Crippen molar-refractivity contribution in [2.75, 3.05) is 40.9 Å². The summed E-state index contributed by atoms with van der Waals surface area (Å²) in [5, 5.41) is 4.13. The van der Waals surface area contributed by atoms with E-state index < -0.39 is 0 Å². The molecule has 0 aliphatic carbocycles. The number of carbonyl (C=O) groups is 2. The number of likely N-dealkylation sites (tertiary alicyclic amines) is 1. The van der Waals surface area contributed by atoms with Crippen molar-refractivity contribution in [1.82, 2.24) is 19.9 Å². The first kappa shape index (κ1) is 23.3. The van der Waals surface area contributed by atoms with Crippen molar-refractivity contribution in [2.45, 2.75) is 18.8 Å². The van der Waals surface area contributed by atoms with Crippen LogP contribution in [0.15, 0.2) is 53.1 Å². The van der Waals surface area contributed by atoms with Gasteiger partial charge in [-0.05, 0) is 43.2 Å². The number of methoxy groups -OCH3 is 2. The number of hydrogen-bond acceptors (Lipinski definition) is 7. The van der Waals surface area contributed by atoms with Crippen LogP contribution in [0, 0.1) is 0 Å². The van der Waals surface area contributed by atoms with Gasteiger partial charge in [0.15, 0.2) is 11.5 Å². The Balaban J connectivity index is 1.33. The molecule has 9 nitrogen and oxygen atoms in total. The van der Waals surface area contributed by atoms with Crippen molar-refractivity contribution < 1.29 is 23.6 Å². The lowest BCUT2D eigenvalue weighted by molar-refractivity contribution is -0.132. The first-order valence-electron chi connectivity index (χ1n) is 11.1. The number of carbonyl (C=O) groups excluding carboxylic acids is 2. The number of piperidine rings is 1. The van der Waals surface area contributed by atoms with Crippen LogP contribution in [0.2, 0.25) is 0 Å². The van der Waals surface area contributed by atoms with Gasteiger partial charge >= 0.3 is 0 Å². The highest BCUT2D eigenvalue weighted by Gasteiger charge is 2.28. The van der Waals surface area contributed by atoms with E-state index >= 15 is 0 Å². The molecule has 0 saturated carbocycles. The average Bonchev–Trinajstić information content (AvgIpc) is 3.38. The molecule has 1 aliphatic heterocycles. The molecule has 0 bridgehead atoms. The van der Waals surface area contributed by atoms with Gasteiger partial charge in [0.05, 0.1) is 20.8 Å². The molecule has 1 fully saturated rings. The molecule has 0 radical (unpaired) electrons. The number of ether oxygens (including phenoxy) is 2. The summed E-state index contributed by atoms with van der Waals surface area (Å²) < 4.78 is 16.2. The average molecular weight is 465 g/mol. The zero-order valence-corrected chi connectivity index (χ0v) is 19.6. The largest absolute Gasteiger partial charge is 0.493 e. The Morgan fingerprint density at radius 1 is 1.06 bits per heavy atom. The SMILES string of the molecule is COc1ccc(-c2noc(C3CCN(C(=O)CN(C)C(=O)c4ccccc4)CC3)n2)cc1OC. The van der Waals surface area contributed by atoms with Gasteiger partial charge in [0.25, 0.3) is 5.91 Å². The zero-order valence-electron chi connectivity index (χ0n) is 19.6. The lowest BCUT2D eigenvalue weighted by Gasteiger charge is -2.31. The molecule has 1 aliphatic rings. The topological polar surface area (TPSA) is 98.0 Å². The first-order valence-corrected chi connectivity index (χ1v) is 11.1. The van der Waals surface area contributed by atoms with Gasteiger partial charge in [0, 0.05) is 37.2 Å². The summed E-state index contributed by atoms with van der Waals surface area (Å²) >= 11 is 0. The Morgan fingerprint density at radius 3 is 2.44 bits per heavy atom. The van der Waals surface area contributed by atoms with Gasteiger partial charge in [0.1, 0.15) is 0 Å². The highest BCUT2D eigenvalue weighted by Crippen LogP contribution is 2.33. The van der Waals surface area contributed by atoms with Gasteiger partial charge in [-0.25, -0.2) is 0 Å². The third kappa shape index (κ3) is 5.03.